The zero-order valence-electron chi connectivity index (χ0n) is 7.38. The Labute approximate surface area is 80.0 Å². The van der Waals surface area contributed by atoms with Gasteiger partial charge in [0.15, 0.2) is 17.4 Å². The van der Waals surface area contributed by atoms with Gasteiger partial charge in [-0.2, -0.15) is 0 Å². The van der Waals surface area contributed by atoms with Crippen LogP contribution in [0.1, 0.15) is 34.6 Å². The van der Waals surface area contributed by atoms with Gasteiger partial charge in [-0.3, -0.25) is 4.57 Å². The Bertz CT molecular complexity index is 160. The van der Waals surface area contributed by atoms with E-state index in [2.05, 4.69) is 0 Å². The molecular weight excluding hydrogens is 174 g/mol. The van der Waals surface area contributed by atoms with E-state index in [-0.39, 0.29) is 23.0 Å². The van der Waals surface area contributed by atoms with E-state index in [0.29, 0.717) is 0 Å². The molecule has 4 heteroatoms. The molecule has 0 saturated carbocycles. The number of rotatable bonds is 1. The van der Waals surface area contributed by atoms with Crippen LogP contribution in [0.3, 0.4) is 0 Å². The average molecular weight is 194 g/mol. The molecule has 0 bridgehead atoms. The molecule has 0 aliphatic carbocycles. The van der Waals surface area contributed by atoms with Gasteiger partial charge in [-0.1, -0.05) is 34.6 Å². The molecule has 0 aliphatic heterocycles. The second-order valence-electron chi connectivity index (χ2n) is 3.89. The predicted molar refractivity (Wildman–Crippen MR) is 54.7 cm³/mol. The molecule has 1 unspecified atom stereocenters. The maximum Gasteiger partial charge on any atom is 0.208 e. The maximum absolute atomic E-state index is 11.5. The standard InChI is InChI=1S/C7H17O2P.Al.3H/c1-6(2)10(8,9)7(3,4)5;;;;/h6H,1-5H3,(H,8,9);;;;. The average Bonchev–Trinajstić information content (AvgIpc) is 1.62. The normalized spacial score (nSPS) is 17.4. The Kier molecular flexibility index (Phi) is 5.31. The van der Waals surface area contributed by atoms with E-state index in [1.54, 1.807) is 34.6 Å². The van der Waals surface area contributed by atoms with Gasteiger partial charge in [-0.15, -0.1) is 0 Å². The van der Waals surface area contributed by atoms with E-state index in [9.17, 15) is 9.46 Å². The van der Waals surface area contributed by atoms with Crippen molar-refractivity contribution >= 4 is 24.7 Å². The summed E-state index contributed by atoms with van der Waals surface area (Å²) in [5, 5.41) is -0.471. The Morgan fingerprint density at radius 1 is 1.27 bits per heavy atom. The van der Waals surface area contributed by atoms with Crippen molar-refractivity contribution in [1.82, 2.24) is 0 Å². The molecule has 0 heterocycles. The fourth-order valence-corrected chi connectivity index (χ4v) is 2.32. The van der Waals surface area contributed by atoms with Gasteiger partial charge >= 0.3 is 0 Å². The Morgan fingerprint density at radius 3 is 1.55 bits per heavy atom. The van der Waals surface area contributed by atoms with Gasteiger partial charge in [0.2, 0.25) is 7.37 Å². The highest BCUT2D eigenvalue weighted by Crippen LogP contribution is 2.57. The van der Waals surface area contributed by atoms with Crippen molar-refractivity contribution in [3.8, 4) is 0 Å². The molecule has 0 rings (SSSR count). The summed E-state index contributed by atoms with van der Waals surface area (Å²) in [4.78, 5) is 9.48. The first-order chi connectivity index (χ1) is 4.19. The van der Waals surface area contributed by atoms with Gasteiger partial charge in [-0.05, 0) is 0 Å². The molecule has 2 nitrogen and oxygen atoms in total. The Morgan fingerprint density at radius 2 is 1.55 bits per heavy atom. The summed E-state index contributed by atoms with van der Waals surface area (Å²) in [6, 6.07) is 0. The van der Waals surface area contributed by atoms with Gasteiger partial charge in [0.1, 0.15) is 0 Å². The van der Waals surface area contributed by atoms with Gasteiger partial charge in [0.25, 0.3) is 0 Å². The van der Waals surface area contributed by atoms with Crippen LogP contribution < -0.4 is 0 Å². The molecule has 0 radical (unpaired) electrons. The van der Waals surface area contributed by atoms with Crippen molar-refractivity contribution in [2.45, 2.75) is 45.4 Å². The first-order valence-electron chi connectivity index (χ1n) is 3.52. The smallest absolute Gasteiger partial charge is 0.208 e. The Balaban J connectivity index is 0. The number of hydrogen-bond acceptors (Lipinski definition) is 1. The van der Waals surface area contributed by atoms with Crippen LogP contribution in [0.25, 0.3) is 0 Å². The lowest BCUT2D eigenvalue weighted by atomic mass is 10.3. The van der Waals surface area contributed by atoms with E-state index in [0.717, 1.165) is 0 Å². The minimum absolute atomic E-state index is 0. The van der Waals surface area contributed by atoms with E-state index in [1.165, 1.54) is 0 Å². The van der Waals surface area contributed by atoms with E-state index in [4.69, 9.17) is 0 Å². The molecule has 0 fully saturated rings. The zero-order valence-corrected chi connectivity index (χ0v) is 8.27. The lowest BCUT2D eigenvalue weighted by Crippen LogP contribution is -2.19. The summed E-state index contributed by atoms with van der Waals surface area (Å²) < 4.78 is 11.5. The third-order valence-corrected chi connectivity index (χ3v) is 4.98. The van der Waals surface area contributed by atoms with Crippen LogP contribution in [0.15, 0.2) is 0 Å². The lowest BCUT2D eigenvalue weighted by Gasteiger charge is -2.28. The molecule has 68 valence electrons. The van der Waals surface area contributed by atoms with E-state index in [1.807, 2.05) is 0 Å². The molecule has 0 amide bonds. The quantitative estimate of drug-likeness (QED) is 0.504. The van der Waals surface area contributed by atoms with Gasteiger partial charge in [-0.25, -0.2) is 0 Å². The van der Waals surface area contributed by atoms with Crippen molar-refractivity contribution in [1.29, 1.82) is 0 Å². The molecule has 0 saturated heterocycles. The SMILES string of the molecule is CC(C)P(=O)(O)C(C)(C)C.[AlH3]. The van der Waals surface area contributed by atoms with Crippen molar-refractivity contribution in [3.63, 3.8) is 0 Å². The zero-order chi connectivity index (χ0) is 8.58. The number of hydrogen-bond donors (Lipinski definition) is 1. The molecule has 1 atom stereocenters. The van der Waals surface area contributed by atoms with Crippen molar-refractivity contribution in [2.24, 2.45) is 0 Å². The van der Waals surface area contributed by atoms with Crippen LogP contribution in [-0.4, -0.2) is 33.1 Å². The summed E-state index contributed by atoms with van der Waals surface area (Å²) in [6.45, 7) is 8.97. The minimum atomic E-state index is -2.95. The fraction of sp³-hybridized carbons (Fsp3) is 1.00. The van der Waals surface area contributed by atoms with Gasteiger partial charge in [0, 0.05) is 10.8 Å². The molecule has 0 spiro atoms. The van der Waals surface area contributed by atoms with E-state index < -0.39 is 12.5 Å². The van der Waals surface area contributed by atoms with Crippen LogP contribution >= 0.6 is 7.37 Å². The predicted octanol–water partition coefficient (Wildman–Crippen LogP) is 1.28. The lowest BCUT2D eigenvalue weighted by molar-refractivity contribution is 0.435. The van der Waals surface area contributed by atoms with Crippen LogP contribution in [0.5, 0.6) is 0 Å². The molecule has 0 aromatic rings. The van der Waals surface area contributed by atoms with Crippen LogP contribution in [-0.2, 0) is 4.57 Å². The summed E-state index contributed by atoms with van der Waals surface area (Å²) in [7, 11) is -2.95. The van der Waals surface area contributed by atoms with Crippen molar-refractivity contribution < 1.29 is 9.46 Å². The molecule has 0 aromatic carbocycles. The van der Waals surface area contributed by atoms with Crippen LogP contribution in [0.4, 0.5) is 0 Å². The second-order valence-corrected chi connectivity index (χ2v) is 7.51. The molecule has 11 heavy (non-hydrogen) atoms. The molecule has 0 aromatic heterocycles. The maximum atomic E-state index is 11.5. The molecule has 1 N–H and O–H groups in total. The first-order valence-corrected chi connectivity index (χ1v) is 5.25. The summed E-state index contributed by atoms with van der Waals surface area (Å²) in [5.74, 6) is 0. The highest BCUT2D eigenvalue weighted by Gasteiger charge is 2.36. The van der Waals surface area contributed by atoms with Crippen molar-refractivity contribution in [2.75, 3.05) is 0 Å². The van der Waals surface area contributed by atoms with Crippen molar-refractivity contribution in [3.05, 3.63) is 0 Å². The van der Waals surface area contributed by atoms with Crippen LogP contribution in [0.2, 0.25) is 0 Å². The summed E-state index contributed by atoms with van der Waals surface area (Å²) in [5.41, 5.74) is -0.132. The minimum Gasteiger partial charge on any atom is -0.344 e. The fourth-order valence-electron chi connectivity index (χ4n) is 0.775. The summed E-state index contributed by atoms with van der Waals surface area (Å²) >= 11 is 0. The van der Waals surface area contributed by atoms with Gasteiger partial charge < -0.3 is 4.89 Å². The first kappa shape index (κ1) is 14.3. The second kappa shape index (κ2) is 4.10. The largest absolute Gasteiger partial charge is 0.344 e. The molecule has 0 aliphatic rings. The summed E-state index contributed by atoms with van der Waals surface area (Å²) in [6.07, 6.45) is 0. The highest BCUT2D eigenvalue weighted by atomic mass is 31.2. The highest BCUT2D eigenvalue weighted by molar-refractivity contribution is 7.60. The van der Waals surface area contributed by atoms with E-state index >= 15 is 0 Å². The third kappa shape index (κ3) is 3.30. The Hall–Kier alpha value is 0.722. The van der Waals surface area contributed by atoms with Gasteiger partial charge in [0.05, 0.1) is 0 Å². The monoisotopic (exact) mass is 194 g/mol. The third-order valence-electron chi connectivity index (χ3n) is 1.66. The topological polar surface area (TPSA) is 37.3 Å². The molecular formula is C7H20AlO2P. The van der Waals surface area contributed by atoms with Crippen LogP contribution in [0, 0.1) is 0 Å².